The molecule has 3 rings (SSSR count). The summed E-state index contributed by atoms with van der Waals surface area (Å²) in [6.07, 6.45) is 7.51. The van der Waals surface area contributed by atoms with Gasteiger partial charge in [0, 0.05) is 6.42 Å². The maximum atomic E-state index is 13.9. The molecule has 2 N–H and O–H groups in total. The van der Waals surface area contributed by atoms with Gasteiger partial charge in [0.25, 0.3) is 5.91 Å². The van der Waals surface area contributed by atoms with Gasteiger partial charge in [-0.15, -0.1) is 9.24 Å². The number of halogens is 1. The Morgan fingerprint density at radius 2 is 2.04 bits per heavy atom. The quantitative estimate of drug-likeness (QED) is 0.633. The van der Waals surface area contributed by atoms with E-state index in [2.05, 4.69) is 24.8 Å². The monoisotopic (exact) mass is 361 g/mol. The number of carbonyl (C=O) groups excluding carboxylic acids is 2. The number of H-pyrrole nitrogens is 1. The highest BCUT2D eigenvalue weighted by molar-refractivity contribution is 7.27. The molecule has 0 radical (unpaired) electrons. The fourth-order valence-corrected chi connectivity index (χ4v) is 3.69. The number of anilines is 1. The van der Waals surface area contributed by atoms with E-state index in [0.29, 0.717) is 23.3 Å². The summed E-state index contributed by atoms with van der Waals surface area (Å²) in [5, 5.41) is 9.59. The number of amides is 1. The molecule has 1 aliphatic rings. The van der Waals surface area contributed by atoms with E-state index >= 15 is 0 Å². The van der Waals surface area contributed by atoms with Crippen molar-refractivity contribution in [3.63, 3.8) is 0 Å². The number of rotatable bonds is 5. The molecule has 1 unspecified atom stereocenters. The molecule has 2 aromatic rings. The first-order valence-electron chi connectivity index (χ1n) is 8.48. The summed E-state index contributed by atoms with van der Waals surface area (Å²) in [5.41, 5.74) is 0.512. The molecular weight excluding hydrogens is 340 g/mol. The van der Waals surface area contributed by atoms with Crippen LogP contribution in [0.4, 0.5) is 10.1 Å². The molecule has 0 saturated heterocycles. The van der Waals surface area contributed by atoms with Crippen LogP contribution in [0.3, 0.4) is 0 Å². The third kappa shape index (κ3) is 4.13. The van der Waals surface area contributed by atoms with Gasteiger partial charge in [0.2, 0.25) is 0 Å². The van der Waals surface area contributed by atoms with Gasteiger partial charge in [-0.25, -0.2) is 4.39 Å². The Kier molecular flexibility index (Phi) is 5.59. The van der Waals surface area contributed by atoms with Gasteiger partial charge in [-0.3, -0.25) is 14.7 Å². The maximum Gasteiger partial charge on any atom is 0.259 e. The summed E-state index contributed by atoms with van der Waals surface area (Å²) < 4.78 is 13.9. The van der Waals surface area contributed by atoms with E-state index in [-0.39, 0.29) is 17.0 Å². The zero-order valence-electron chi connectivity index (χ0n) is 13.8. The molecule has 7 heteroatoms. The SMILES string of the molecule is O=C(CC1CCCCC1)c1[nH]ncc1NC(=O)c1c(F)cccc1P. The summed E-state index contributed by atoms with van der Waals surface area (Å²) >= 11 is 0. The van der Waals surface area contributed by atoms with Gasteiger partial charge < -0.3 is 5.32 Å². The first-order chi connectivity index (χ1) is 12.1. The topological polar surface area (TPSA) is 74.8 Å². The molecule has 25 heavy (non-hydrogen) atoms. The predicted molar refractivity (Wildman–Crippen MR) is 97.8 cm³/mol. The summed E-state index contributed by atoms with van der Waals surface area (Å²) in [5.74, 6) is -0.891. The number of Topliss-reactive ketones (excluding diaryl/α,β-unsaturated/α-hetero) is 1. The normalized spacial score (nSPS) is 15.1. The molecule has 0 bridgehead atoms. The molecule has 1 amide bonds. The van der Waals surface area contributed by atoms with E-state index in [9.17, 15) is 14.0 Å². The molecule has 5 nitrogen and oxygen atoms in total. The molecule has 1 saturated carbocycles. The van der Waals surface area contributed by atoms with E-state index in [1.165, 1.54) is 24.8 Å². The molecule has 0 spiro atoms. The molecule has 1 atom stereocenters. The van der Waals surface area contributed by atoms with Crippen LogP contribution < -0.4 is 10.6 Å². The van der Waals surface area contributed by atoms with E-state index < -0.39 is 11.7 Å². The predicted octanol–water partition coefficient (Wildman–Crippen LogP) is 3.45. The van der Waals surface area contributed by atoms with Gasteiger partial charge in [0.1, 0.15) is 11.5 Å². The molecule has 1 heterocycles. The van der Waals surface area contributed by atoms with Gasteiger partial charge in [0.15, 0.2) is 5.78 Å². The van der Waals surface area contributed by atoms with Gasteiger partial charge >= 0.3 is 0 Å². The largest absolute Gasteiger partial charge is 0.319 e. The Morgan fingerprint density at radius 3 is 2.76 bits per heavy atom. The first-order valence-corrected chi connectivity index (χ1v) is 9.06. The van der Waals surface area contributed by atoms with Crippen molar-refractivity contribution >= 4 is 31.9 Å². The Hall–Kier alpha value is -2.07. The van der Waals surface area contributed by atoms with E-state index in [4.69, 9.17) is 0 Å². The number of hydrogen-bond acceptors (Lipinski definition) is 3. The van der Waals surface area contributed by atoms with Crippen LogP contribution in [0.25, 0.3) is 0 Å². The minimum atomic E-state index is -0.608. The summed E-state index contributed by atoms with van der Waals surface area (Å²) in [6, 6.07) is 4.39. The molecule has 0 aliphatic heterocycles. The van der Waals surface area contributed by atoms with Crippen LogP contribution >= 0.6 is 9.24 Å². The van der Waals surface area contributed by atoms with Crippen molar-refractivity contribution < 1.29 is 14.0 Å². The average Bonchev–Trinajstić information content (AvgIpc) is 3.04. The highest BCUT2D eigenvalue weighted by atomic mass is 31.0. The summed E-state index contributed by atoms with van der Waals surface area (Å²) in [4.78, 5) is 24.9. The van der Waals surface area contributed by atoms with Crippen molar-refractivity contribution in [3.8, 4) is 0 Å². The zero-order valence-corrected chi connectivity index (χ0v) is 15.0. The second kappa shape index (κ2) is 7.87. The smallest absolute Gasteiger partial charge is 0.259 e. The summed E-state index contributed by atoms with van der Waals surface area (Å²) in [6.45, 7) is 0. The molecule has 1 aromatic carbocycles. The van der Waals surface area contributed by atoms with Crippen LogP contribution in [0.5, 0.6) is 0 Å². The van der Waals surface area contributed by atoms with Gasteiger partial charge in [0.05, 0.1) is 17.4 Å². The first kappa shape index (κ1) is 17.7. The molecule has 1 fully saturated rings. The fourth-order valence-electron chi connectivity index (χ4n) is 3.31. The Labute approximate surface area is 148 Å². The van der Waals surface area contributed by atoms with Crippen LogP contribution in [-0.4, -0.2) is 21.9 Å². The third-order valence-electron chi connectivity index (χ3n) is 4.64. The van der Waals surface area contributed by atoms with Crippen LogP contribution in [-0.2, 0) is 0 Å². The number of aromatic nitrogens is 2. The number of ketones is 1. The van der Waals surface area contributed by atoms with Crippen molar-refractivity contribution in [3.05, 3.63) is 41.5 Å². The van der Waals surface area contributed by atoms with Crippen molar-refractivity contribution in [2.75, 3.05) is 5.32 Å². The highest BCUT2D eigenvalue weighted by Gasteiger charge is 2.23. The Bertz CT molecular complexity index is 764. The van der Waals surface area contributed by atoms with Gasteiger partial charge in [-0.05, 0) is 17.3 Å². The minimum Gasteiger partial charge on any atom is -0.319 e. The zero-order chi connectivity index (χ0) is 17.8. The number of nitrogens with zero attached hydrogens (tertiary/aromatic N) is 1. The lowest BCUT2D eigenvalue weighted by molar-refractivity contribution is 0.0946. The molecular formula is C18H21FN3O2P. The highest BCUT2D eigenvalue weighted by Crippen LogP contribution is 2.28. The van der Waals surface area contributed by atoms with Gasteiger partial charge in [-0.2, -0.15) is 5.10 Å². The Balaban J connectivity index is 1.73. The van der Waals surface area contributed by atoms with Crippen molar-refractivity contribution in [2.24, 2.45) is 5.92 Å². The van der Waals surface area contributed by atoms with Crippen molar-refractivity contribution in [2.45, 2.75) is 38.5 Å². The fraction of sp³-hybridized carbons (Fsp3) is 0.389. The maximum absolute atomic E-state index is 13.9. The molecule has 1 aromatic heterocycles. The molecule has 132 valence electrons. The van der Waals surface area contributed by atoms with Crippen molar-refractivity contribution in [1.29, 1.82) is 0 Å². The molecule has 1 aliphatic carbocycles. The average molecular weight is 361 g/mol. The second-order valence-corrected chi connectivity index (χ2v) is 7.07. The van der Waals surface area contributed by atoms with Gasteiger partial charge in [-0.1, -0.05) is 44.2 Å². The van der Waals surface area contributed by atoms with Crippen LogP contribution in [0, 0.1) is 11.7 Å². The lowest BCUT2D eigenvalue weighted by Gasteiger charge is -2.20. The van der Waals surface area contributed by atoms with E-state index in [1.54, 1.807) is 6.07 Å². The lowest BCUT2D eigenvalue weighted by atomic mass is 9.85. The summed E-state index contributed by atoms with van der Waals surface area (Å²) in [7, 11) is 2.34. The van der Waals surface area contributed by atoms with E-state index in [0.717, 1.165) is 25.7 Å². The second-order valence-electron chi connectivity index (χ2n) is 6.45. The number of hydrogen-bond donors (Lipinski definition) is 2. The third-order valence-corrected chi connectivity index (χ3v) is 5.12. The Morgan fingerprint density at radius 1 is 1.28 bits per heavy atom. The lowest BCUT2D eigenvalue weighted by Crippen LogP contribution is -2.21. The minimum absolute atomic E-state index is 0.0561. The standard InChI is InChI=1S/C18H21FN3O2P/c19-12-7-4-8-15(25)16(12)18(24)21-13-10-20-22-17(13)14(23)9-11-5-2-1-3-6-11/h4,7-8,10-11H,1-3,5-6,9,25H2,(H,20,22)(H,21,24). The van der Waals surface area contributed by atoms with Crippen LogP contribution in [0.15, 0.2) is 24.4 Å². The number of benzene rings is 1. The van der Waals surface area contributed by atoms with Crippen LogP contribution in [0.2, 0.25) is 0 Å². The number of carbonyl (C=O) groups is 2. The number of aromatic amines is 1. The van der Waals surface area contributed by atoms with E-state index in [1.807, 2.05) is 0 Å². The van der Waals surface area contributed by atoms with Crippen molar-refractivity contribution in [1.82, 2.24) is 10.2 Å². The van der Waals surface area contributed by atoms with Crippen LogP contribution in [0.1, 0.15) is 59.4 Å². The number of nitrogens with one attached hydrogen (secondary N) is 2.